The number of ether oxygens (including phenoxy) is 2. The average Bonchev–Trinajstić information content (AvgIpc) is 2.86. The lowest BCUT2D eigenvalue weighted by molar-refractivity contribution is -0.147. The summed E-state index contributed by atoms with van der Waals surface area (Å²) < 4.78 is 26.4. The first kappa shape index (κ1) is 26.7. The molecule has 1 heterocycles. The van der Waals surface area contributed by atoms with Crippen molar-refractivity contribution >= 4 is 5.97 Å². The standard InChI is InChI=1S/C31H36FNO4/c1-21-9-10-24(16-22(21)2)17-25(28-7-4-8-29(36-3)30(28)32)6-5-15-37-27-13-11-23(12-14-27)18-33-19-26(20-33)31(34)35/h4,7-14,16,25-26H,5-6,15,17-20H2,1-3H3,(H,34,35). The Morgan fingerprint density at radius 2 is 1.78 bits per heavy atom. The predicted octanol–water partition coefficient (Wildman–Crippen LogP) is 6.15. The van der Waals surface area contributed by atoms with Crippen LogP contribution in [0.2, 0.25) is 0 Å². The molecular weight excluding hydrogens is 469 g/mol. The molecule has 0 amide bonds. The molecule has 37 heavy (non-hydrogen) atoms. The minimum absolute atomic E-state index is 0.00865. The van der Waals surface area contributed by atoms with Gasteiger partial charge < -0.3 is 14.6 Å². The van der Waals surface area contributed by atoms with E-state index in [0.29, 0.717) is 25.3 Å². The molecule has 0 bridgehead atoms. The lowest BCUT2D eigenvalue weighted by Crippen LogP contribution is -2.49. The summed E-state index contributed by atoms with van der Waals surface area (Å²) in [6, 6.07) is 19.8. The van der Waals surface area contributed by atoms with Gasteiger partial charge >= 0.3 is 5.97 Å². The fourth-order valence-corrected chi connectivity index (χ4v) is 4.91. The predicted molar refractivity (Wildman–Crippen MR) is 143 cm³/mol. The molecule has 0 radical (unpaired) electrons. The number of nitrogens with zero attached hydrogens (tertiary/aromatic N) is 1. The van der Waals surface area contributed by atoms with Gasteiger partial charge in [-0.05, 0) is 85.0 Å². The summed E-state index contributed by atoms with van der Waals surface area (Å²) in [7, 11) is 1.50. The van der Waals surface area contributed by atoms with E-state index in [1.54, 1.807) is 6.07 Å². The number of halogens is 1. The molecule has 1 aliphatic rings. The Balaban J connectivity index is 1.33. The number of aliphatic carboxylic acids is 1. The average molecular weight is 506 g/mol. The molecule has 0 aliphatic carbocycles. The van der Waals surface area contributed by atoms with Gasteiger partial charge in [0.2, 0.25) is 0 Å². The normalized spacial score (nSPS) is 14.7. The summed E-state index contributed by atoms with van der Waals surface area (Å²) in [6.45, 7) is 6.70. The summed E-state index contributed by atoms with van der Waals surface area (Å²) >= 11 is 0. The molecule has 0 saturated carbocycles. The van der Waals surface area contributed by atoms with Crippen molar-refractivity contribution in [3.05, 3.63) is 94.3 Å². The Morgan fingerprint density at radius 3 is 2.46 bits per heavy atom. The first-order valence-electron chi connectivity index (χ1n) is 12.9. The Morgan fingerprint density at radius 1 is 1.05 bits per heavy atom. The highest BCUT2D eigenvalue weighted by atomic mass is 19.1. The first-order valence-corrected chi connectivity index (χ1v) is 12.9. The Bertz CT molecular complexity index is 1200. The number of carboxylic acids is 1. The van der Waals surface area contributed by atoms with Crippen molar-refractivity contribution in [2.45, 2.75) is 45.6 Å². The summed E-state index contributed by atoms with van der Waals surface area (Å²) in [5.41, 5.74) is 5.51. The maximum absolute atomic E-state index is 15.2. The molecule has 196 valence electrons. The first-order chi connectivity index (χ1) is 17.8. The number of rotatable bonds is 12. The third kappa shape index (κ3) is 6.89. The minimum Gasteiger partial charge on any atom is -0.494 e. The minimum atomic E-state index is -0.717. The van der Waals surface area contributed by atoms with Crippen LogP contribution in [-0.2, 0) is 17.8 Å². The van der Waals surface area contributed by atoms with Gasteiger partial charge in [-0.1, -0.05) is 42.5 Å². The van der Waals surface area contributed by atoms with Crippen molar-refractivity contribution in [2.24, 2.45) is 5.92 Å². The van der Waals surface area contributed by atoms with Crippen LogP contribution < -0.4 is 9.47 Å². The molecule has 6 heteroatoms. The fraction of sp³-hybridized carbons (Fsp3) is 0.387. The van der Waals surface area contributed by atoms with Crippen LogP contribution in [0.3, 0.4) is 0 Å². The highest BCUT2D eigenvalue weighted by molar-refractivity contribution is 5.71. The van der Waals surface area contributed by atoms with Gasteiger partial charge in [0.1, 0.15) is 5.75 Å². The van der Waals surface area contributed by atoms with Crippen molar-refractivity contribution in [1.29, 1.82) is 0 Å². The number of carbonyl (C=O) groups is 1. The maximum atomic E-state index is 15.2. The molecule has 5 nitrogen and oxygen atoms in total. The van der Waals surface area contributed by atoms with Crippen LogP contribution >= 0.6 is 0 Å². The monoisotopic (exact) mass is 505 g/mol. The molecule has 4 rings (SSSR count). The summed E-state index contributed by atoms with van der Waals surface area (Å²) in [5, 5.41) is 9.02. The molecule has 1 unspecified atom stereocenters. The van der Waals surface area contributed by atoms with Crippen molar-refractivity contribution in [3.63, 3.8) is 0 Å². The van der Waals surface area contributed by atoms with Crippen LogP contribution in [0.25, 0.3) is 0 Å². The lowest BCUT2D eigenvalue weighted by Gasteiger charge is -2.36. The Labute approximate surface area is 218 Å². The summed E-state index contributed by atoms with van der Waals surface area (Å²) in [5.74, 6) is -0.163. The highest BCUT2D eigenvalue weighted by Gasteiger charge is 2.32. The number of aryl methyl sites for hydroxylation is 2. The van der Waals surface area contributed by atoms with Gasteiger partial charge in [-0.3, -0.25) is 9.69 Å². The summed E-state index contributed by atoms with van der Waals surface area (Å²) in [4.78, 5) is 13.1. The van der Waals surface area contributed by atoms with Crippen LogP contribution in [-0.4, -0.2) is 42.8 Å². The van der Waals surface area contributed by atoms with Crippen LogP contribution in [0.5, 0.6) is 11.5 Å². The van der Waals surface area contributed by atoms with Crippen molar-refractivity contribution in [3.8, 4) is 11.5 Å². The van der Waals surface area contributed by atoms with E-state index in [4.69, 9.17) is 14.6 Å². The molecular formula is C31H36FNO4. The molecule has 1 fully saturated rings. The van der Waals surface area contributed by atoms with E-state index in [0.717, 1.165) is 37.1 Å². The molecule has 3 aromatic carbocycles. The van der Waals surface area contributed by atoms with Crippen molar-refractivity contribution < 1.29 is 23.8 Å². The van der Waals surface area contributed by atoms with Gasteiger partial charge in [0.15, 0.2) is 11.6 Å². The zero-order valence-electron chi connectivity index (χ0n) is 21.9. The Kier molecular flexibility index (Phi) is 8.82. The smallest absolute Gasteiger partial charge is 0.309 e. The third-order valence-electron chi connectivity index (χ3n) is 7.31. The van der Waals surface area contributed by atoms with Crippen LogP contribution in [0.15, 0.2) is 60.7 Å². The van der Waals surface area contributed by atoms with E-state index in [1.165, 1.54) is 23.8 Å². The molecule has 0 aromatic heterocycles. The van der Waals surface area contributed by atoms with Crippen LogP contribution in [0.4, 0.5) is 4.39 Å². The summed E-state index contributed by atoms with van der Waals surface area (Å²) in [6.07, 6.45) is 2.33. The van der Waals surface area contributed by atoms with Crippen LogP contribution in [0, 0.1) is 25.6 Å². The van der Waals surface area contributed by atoms with Gasteiger partial charge in [-0.2, -0.15) is 0 Å². The van der Waals surface area contributed by atoms with Gasteiger partial charge in [0, 0.05) is 19.6 Å². The van der Waals surface area contributed by atoms with Crippen molar-refractivity contribution in [2.75, 3.05) is 26.8 Å². The van der Waals surface area contributed by atoms with Crippen molar-refractivity contribution in [1.82, 2.24) is 4.90 Å². The van der Waals surface area contributed by atoms with Crippen LogP contribution in [0.1, 0.15) is 46.6 Å². The largest absolute Gasteiger partial charge is 0.494 e. The number of hydrogen-bond donors (Lipinski definition) is 1. The lowest BCUT2D eigenvalue weighted by atomic mass is 9.87. The van der Waals surface area contributed by atoms with Gasteiger partial charge in [-0.15, -0.1) is 0 Å². The molecule has 1 saturated heterocycles. The SMILES string of the molecule is COc1cccc(C(CCCOc2ccc(CN3CC(C(=O)O)C3)cc2)Cc2ccc(C)c(C)c2)c1F. The number of carboxylic acid groups (broad SMARTS) is 1. The van der Waals surface area contributed by atoms with Gasteiger partial charge in [-0.25, -0.2) is 4.39 Å². The quantitative estimate of drug-likeness (QED) is 0.299. The second-order valence-electron chi connectivity index (χ2n) is 10.0. The zero-order valence-corrected chi connectivity index (χ0v) is 21.9. The molecule has 1 N–H and O–H groups in total. The van der Waals surface area contributed by atoms with Gasteiger partial charge in [0.25, 0.3) is 0 Å². The van der Waals surface area contributed by atoms with E-state index < -0.39 is 5.97 Å². The maximum Gasteiger partial charge on any atom is 0.309 e. The van der Waals surface area contributed by atoms with Gasteiger partial charge in [0.05, 0.1) is 19.6 Å². The third-order valence-corrected chi connectivity index (χ3v) is 7.31. The van der Waals surface area contributed by atoms with E-state index in [9.17, 15) is 4.79 Å². The molecule has 3 aromatic rings. The number of benzene rings is 3. The molecule has 1 atom stereocenters. The number of hydrogen-bond acceptors (Lipinski definition) is 4. The number of methoxy groups -OCH3 is 1. The van der Waals surface area contributed by atoms with E-state index in [2.05, 4.69) is 36.9 Å². The fourth-order valence-electron chi connectivity index (χ4n) is 4.91. The Hall–Kier alpha value is -3.38. The second-order valence-corrected chi connectivity index (χ2v) is 10.0. The van der Waals surface area contributed by atoms with E-state index >= 15 is 4.39 Å². The topological polar surface area (TPSA) is 59.0 Å². The second kappa shape index (κ2) is 12.2. The van der Waals surface area contributed by atoms with E-state index in [-0.39, 0.29) is 23.4 Å². The highest BCUT2D eigenvalue weighted by Crippen LogP contribution is 2.32. The molecule has 1 aliphatic heterocycles. The van der Waals surface area contributed by atoms with E-state index in [1.807, 2.05) is 36.4 Å². The number of likely N-dealkylation sites (tertiary alicyclic amines) is 1. The molecule has 0 spiro atoms. The zero-order chi connectivity index (χ0) is 26.4.